The van der Waals surface area contributed by atoms with E-state index in [4.69, 9.17) is 0 Å². The first-order chi connectivity index (χ1) is 11.7. The SMILES string of the molecule is CCc1nnsc1C(=O)NC(c1ccncc1)c1ccc(C)cc1. The smallest absolute Gasteiger partial charge is 0.265 e. The van der Waals surface area contributed by atoms with E-state index in [1.54, 1.807) is 12.4 Å². The van der Waals surface area contributed by atoms with Crippen molar-refractivity contribution in [3.8, 4) is 0 Å². The predicted molar refractivity (Wildman–Crippen MR) is 94.0 cm³/mol. The van der Waals surface area contributed by atoms with Gasteiger partial charge in [0.05, 0.1) is 11.7 Å². The van der Waals surface area contributed by atoms with E-state index in [2.05, 4.69) is 19.9 Å². The molecule has 1 unspecified atom stereocenters. The molecule has 0 aliphatic rings. The molecule has 1 atom stereocenters. The van der Waals surface area contributed by atoms with E-state index >= 15 is 0 Å². The molecule has 0 radical (unpaired) electrons. The van der Waals surface area contributed by atoms with Crippen LogP contribution in [0.25, 0.3) is 0 Å². The number of aromatic nitrogens is 3. The molecule has 0 saturated heterocycles. The standard InChI is InChI=1S/C18H18N4OS/c1-3-15-17(24-22-21-15)18(23)20-16(14-8-10-19-11-9-14)13-6-4-12(2)5-7-13/h4-11,16H,3H2,1-2H3,(H,20,23). The van der Waals surface area contributed by atoms with Crippen molar-refractivity contribution in [1.82, 2.24) is 19.9 Å². The molecule has 0 saturated carbocycles. The van der Waals surface area contributed by atoms with Gasteiger partial charge in [-0.2, -0.15) is 0 Å². The molecule has 2 aromatic heterocycles. The van der Waals surface area contributed by atoms with Gasteiger partial charge in [0.1, 0.15) is 4.88 Å². The number of pyridine rings is 1. The van der Waals surface area contributed by atoms with Crippen LogP contribution >= 0.6 is 11.5 Å². The topological polar surface area (TPSA) is 67.8 Å². The van der Waals surface area contributed by atoms with Crippen LogP contribution in [0.4, 0.5) is 0 Å². The molecule has 0 aliphatic heterocycles. The average Bonchev–Trinajstić information content (AvgIpc) is 3.10. The van der Waals surface area contributed by atoms with Gasteiger partial charge >= 0.3 is 0 Å². The Kier molecular flexibility index (Phi) is 4.96. The average molecular weight is 338 g/mol. The molecule has 3 rings (SSSR count). The summed E-state index contributed by atoms with van der Waals surface area (Å²) in [6.07, 6.45) is 4.15. The van der Waals surface area contributed by atoms with Gasteiger partial charge in [0.25, 0.3) is 5.91 Å². The van der Waals surface area contributed by atoms with Gasteiger partial charge < -0.3 is 5.32 Å². The lowest BCUT2D eigenvalue weighted by molar-refractivity contribution is 0.0946. The van der Waals surface area contributed by atoms with Crippen molar-refractivity contribution in [3.05, 3.63) is 76.1 Å². The molecule has 0 fully saturated rings. The summed E-state index contributed by atoms with van der Waals surface area (Å²) in [5, 5.41) is 7.13. The van der Waals surface area contributed by atoms with Crippen LogP contribution in [0.5, 0.6) is 0 Å². The molecule has 1 N–H and O–H groups in total. The van der Waals surface area contributed by atoms with Crippen molar-refractivity contribution in [2.24, 2.45) is 0 Å². The third kappa shape index (κ3) is 3.49. The second-order valence-corrected chi connectivity index (χ2v) is 6.25. The highest BCUT2D eigenvalue weighted by atomic mass is 32.1. The lowest BCUT2D eigenvalue weighted by Crippen LogP contribution is -2.29. The highest BCUT2D eigenvalue weighted by Gasteiger charge is 2.21. The minimum Gasteiger partial charge on any atom is -0.340 e. The molecule has 24 heavy (non-hydrogen) atoms. The van der Waals surface area contributed by atoms with Crippen molar-refractivity contribution < 1.29 is 4.79 Å². The number of hydrogen-bond donors (Lipinski definition) is 1. The zero-order valence-electron chi connectivity index (χ0n) is 13.6. The maximum atomic E-state index is 12.7. The van der Waals surface area contributed by atoms with E-state index in [9.17, 15) is 4.79 Å². The van der Waals surface area contributed by atoms with Crippen LogP contribution in [0.15, 0.2) is 48.8 Å². The van der Waals surface area contributed by atoms with E-state index < -0.39 is 0 Å². The molecule has 6 heteroatoms. The number of carbonyl (C=O) groups excluding carboxylic acids is 1. The van der Waals surface area contributed by atoms with Gasteiger partial charge in [-0.1, -0.05) is 41.2 Å². The number of amides is 1. The molecular formula is C18H18N4OS. The molecule has 1 amide bonds. The zero-order valence-corrected chi connectivity index (χ0v) is 14.4. The van der Waals surface area contributed by atoms with Gasteiger partial charge in [-0.05, 0) is 48.1 Å². The molecule has 122 valence electrons. The largest absolute Gasteiger partial charge is 0.340 e. The van der Waals surface area contributed by atoms with Crippen LogP contribution in [-0.4, -0.2) is 20.5 Å². The second-order valence-electron chi connectivity index (χ2n) is 5.50. The Balaban J connectivity index is 1.93. The van der Waals surface area contributed by atoms with E-state index in [0.29, 0.717) is 11.3 Å². The summed E-state index contributed by atoms with van der Waals surface area (Å²) in [5.41, 5.74) is 3.92. The first-order valence-corrected chi connectivity index (χ1v) is 8.55. The molecule has 3 aromatic rings. The van der Waals surface area contributed by atoms with Gasteiger partial charge in [0, 0.05) is 12.4 Å². The maximum absolute atomic E-state index is 12.7. The van der Waals surface area contributed by atoms with E-state index in [1.165, 1.54) is 5.56 Å². The van der Waals surface area contributed by atoms with Crippen LogP contribution < -0.4 is 5.32 Å². The number of nitrogens with one attached hydrogen (secondary N) is 1. The van der Waals surface area contributed by atoms with Crippen molar-refractivity contribution in [2.75, 3.05) is 0 Å². The second kappa shape index (κ2) is 7.31. The Morgan fingerprint density at radius 3 is 2.46 bits per heavy atom. The monoisotopic (exact) mass is 338 g/mol. The van der Waals surface area contributed by atoms with Crippen LogP contribution in [0.1, 0.15) is 45.0 Å². The highest BCUT2D eigenvalue weighted by Crippen LogP contribution is 2.23. The first kappa shape index (κ1) is 16.3. The molecule has 0 spiro atoms. The summed E-state index contributed by atoms with van der Waals surface area (Å²) in [4.78, 5) is 17.3. The Morgan fingerprint density at radius 1 is 1.12 bits per heavy atom. The van der Waals surface area contributed by atoms with E-state index in [1.807, 2.05) is 50.2 Å². The number of aryl methyl sites for hydroxylation is 2. The third-order valence-corrected chi connectivity index (χ3v) is 4.59. The molecule has 1 aromatic carbocycles. The summed E-state index contributed by atoms with van der Waals surface area (Å²) in [5.74, 6) is -0.149. The normalized spacial score (nSPS) is 11.9. The third-order valence-electron chi connectivity index (χ3n) is 3.82. The van der Waals surface area contributed by atoms with Gasteiger partial charge in [-0.3, -0.25) is 9.78 Å². The fourth-order valence-electron chi connectivity index (χ4n) is 2.48. The number of hydrogen-bond acceptors (Lipinski definition) is 5. The Labute approximate surface area is 144 Å². The van der Waals surface area contributed by atoms with Gasteiger partial charge in [-0.25, -0.2) is 0 Å². The lowest BCUT2D eigenvalue weighted by atomic mass is 9.98. The maximum Gasteiger partial charge on any atom is 0.265 e. The minimum absolute atomic E-state index is 0.149. The quantitative estimate of drug-likeness (QED) is 0.775. The van der Waals surface area contributed by atoms with Gasteiger partial charge in [0.15, 0.2) is 0 Å². The summed E-state index contributed by atoms with van der Waals surface area (Å²) >= 11 is 1.13. The van der Waals surface area contributed by atoms with Gasteiger partial charge in [-0.15, -0.1) is 5.10 Å². The van der Waals surface area contributed by atoms with Crippen molar-refractivity contribution in [2.45, 2.75) is 26.3 Å². The van der Waals surface area contributed by atoms with E-state index in [0.717, 1.165) is 28.4 Å². The minimum atomic E-state index is -0.243. The summed E-state index contributed by atoms with van der Waals surface area (Å²) in [6, 6.07) is 11.7. The summed E-state index contributed by atoms with van der Waals surface area (Å²) in [6.45, 7) is 4.01. The molecule has 2 heterocycles. The fourth-order valence-corrected chi connectivity index (χ4v) is 3.14. The summed E-state index contributed by atoms with van der Waals surface area (Å²) < 4.78 is 3.90. The Hall–Kier alpha value is -2.60. The van der Waals surface area contributed by atoms with Gasteiger partial charge in [0.2, 0.25) is 0 Å². The van der Waals surface area contributed by atoms with Crippen molar-refractivity contribution in [1.29, 1.82) is 0 Å². The number of carbonyl (C=O) groups is 1. The molecule has 5 nitrogen and oxygen atoms in total. The molecule has 0 aliphatic carbocycles. The Bertz CT molecular complexity index is 815. The predicted octanol–water partition coefficient (Wildman–Crippen LogP) is 3.32. The number of benzene rings is 1. The van der Waals surface area contributed by atoms with Crippen molar-refractivity contribution in [3.63, 3.8) is 0 Å². The van der Waals surface area contributed by atoms with Crippen LogP contribution in [-0.2, 0) is 6.42 Å². The molecular weight excluding hydrogens is 320 g/mol. The first-order valence-electron chi connectivity index (χ1n) is 7.77. The fraction of sp³-hybridized carbons (Fsp3) is 0.222. The number of nitrogens with zero attached hydrogens (tertiary/aromatic N) is 3. The Morgan fingerprint density at radius 2 is 1.79 bits per heavy atom. The lowest BCUT2D eigenvalue weighted by Gasteiger charge is -2.19. The van der Waals surface area contributed by atoms with Crippen LogP contribution in [0.3, 0.4) is 0 Å². The van der Waals surface area contributed by atoms with Crippen LogP contribution in [0, 0.1) is 6.92 Å². The highest BCUT2D eigenvalue weighted by molar-refractivity contribution is 7.08. The van der Waals surface area contributed by atoms with Crippen LogP contribution in [0.2, 0.25) is 0 Å². The molecule has 0 bridgehead atoms. The zero-order chi connectivity index (χ0) is 16.9. The van der Waals surface area contributed by atoms with E-state index in [-0.39, 0.29) is 11.9 Å². The summed E-state index contributed by atoms with van der Waals surface area (Å²) in [7, 11) is 0. The number of rotatable bonds is 5. The van der Waals surface area contributed by atoms with Crippen molar-refractivity contribution >= 4 is 17.4 Å².